The van der Waals surface area contributed by atoms with E-state index < -0.39 is 0 Å². The molecule has 0 saturated heterocycles. The van der Waals surface area contributed by atoms with E-state index in [4.69, 9.17) is 0 Å². The highest BCUT2D eigenvalue weighted by atomic mass is 16.3. The first kappa shape index (κ1) is 12.7. The van der Waals surface area contributed by atoms with Crippen molar-refractivity contribution in [1.82, 2.24) is 0 Å². The third-order valence-corrected chi connectivity index (χ3v) is 3.89. The van der Waals surface area contributed by atoms with Crippen LogP contribution in [0.2, 0.25) is 0 Å². The van der Waals surface area contributed by atoms with Crippen LogP contribution in [-0.2, 0) is 4.79 Å². The van der Waals surface area contributed by atoms with Gasteiger partial charge in [-0.2, -0.15) is 0 Å². The van der Waals surface area contributed by atoms with E-state index >= 15 is 0 Å². The van der Waals surface area contributed by atoms with E-state index in [-0.39, 0.29) is 17.9 Å². The van der Waals surface area contributed by atoms with Gasteiger partial charge < -0.3 is 5.11 Å². The first-order chi connectivity index (χ1) is 7.06. The third kappa shape index (κ3) is 3.30. The molecule has 0 aromatic carbocycles. The van der Waals surface area contributed by atoms with Crippen molar-refractivity contribution in [3.05, 3.63) is 0 Å². The molecule has 1 saturated carbocycles. The van der Waals surface area contributed by atoms with Crippen molar-refractivity contribution in [2.45, 2.75) is 59.0 Å². The predicted molar refractivity (Wildman–Crippen MR) is 61.6 cm³/mol. The zero-order valence-electron chi connectivity index (χ0n) is 10.2. The molecule has 0 radical (unpaired) electrons. The fourth-order valence-electron chi connectivity index (χ4n) is 2.65. The molecular weight excluding hydrogens is 188 g/mol. The van der Waals surface area contributed by atoms with Gasteiger partial charge in [-0.15, -0.1) is 0 Å². The SMILES string of the molecule is CCCC1CCC(=O)C(C(C)C(C)O)C1. The average Bonchev–Trinajstić information content (AvgIpc) is 2.20. The van der Waals surface area contributed by atoms with E-state index in [0.717, 1.165) is 19.3 Å². The number of rotatable bonds is 4. The molecule has 4 unspecified atom stereocenters. The summed E-state index contributed by atoms with van der Waals surface area (Å²) in [4.78, 5) is 11.8. The monoisotopic (exact) mass is 212 g/mol. The number of carbonyl (C=O) groups excluding carboxylic acids is 1. The molecule has 88 valence electrons. The van der Waals surface area contributed by atoms with Gasteiger partial charge in [-0.25, -0.2) is 0 Å². The Bertz CT molecular complexity index is 211. The summed E-state index contributed by atoms with van der Waals surface area (Å²) in [5.74, 6) is 1.31. The van der Waals surface area contributed by atoms with Crippen LogP contribution in [0.25, 0.3) is 0 Å². The largest absolute Gasteiger partial charge is 0.393 e. The van der Waals surface area contributed by atoms with Gasteiger partial charge in [0.1, 0.15) is 5.78 Å². The molecule has 1 N–H and O–H groups in total. The van der Waals surface area contributed by atoms with E-state index in [1.165, 1.54) is 12.8 Å². The minimum absolute atomic E-state index is 0.107. The van der Waals surface area contributed by atoms with Crippen LogP contribution in [0.1, 0.15) is 52.9 Å². The standard InChI is InChI=1S/C13H24O2/c1-4-5-11-6-7-13(15)12(8-11)9(2)10(3)14/h9-12,14H,4-8H2,1-3H3. The molecule has 0 amide bonds. The number of carbonyl (C=O) groups is 1. The minimum Gasteiger partial charge on any atom is -0.393 e. The smallest absolute Gasteiger partial charge is 0.136 e. The van der Waals surface area contributed by atoms with Crippen molar-refractivity contribution in [2.24, 2.45) is 17.8 Å². The van der Waals surface area contributed by atoms with Crippen LogP contribution in [0, 0.1) is 17.8 Å². The Kier molecular flexibility index (Phi) is 4.78. The van der Waals surface area contributed by atoms with Crippen molar-refractivity contribution in [3.8, 4) is 0 Å². The topological polar surface area (TPSA) is 37.3 Å². The molecule has 0 aromatic heterocycles. The zero-order valence-corrected chi connectivity index (χ0v) is 10.2. The molecule has 0 aromatic rings. The molecule has 1 aliphatic rings. The minimum atomic E-state index is -0.362. The number of ketones is 1. The van der Waals surface area contributed by atoms with Gasteiger partial charge >= 0.3 is 0 Å². The van der Waals surface area contributed by atoms with Gasteiger partial charge in [0, 0.05) is 12.3 Å². The van der Waals surface area contributed by atoms with Crippen molar-refractivity contribution in [2.75, 3.05) is 0 Å². The van der Waals surface area contributed by atoms with Crippen LogP contribution >= 0.6 is 0 Å². The van der Waals surface area contributed by atoms with Crippen LogP contribution in [0.3, 0.4) is 0 Å². The molecule has 0 bridgehead atoms. The fourth-order valence-corrected chi connectivity index (χ4v) is 2.65. The molecule has 0 aliphatic heterocycles. The van der Waals surface area contributed by atoms with Crippen LogP contribution in [0.15, 0.2) is 0 Å². The van der Waals surface area contributed by atoms with E-state index in [0.29, 0.717) is 11.7 Å². The molecule has 0 heterocycles. The molecule has 4 atom stereocenters. The zero-order chi connectivity index (χ0) is 11.4. The summed E-state index contributed by atoms with van der Waals surface area (Å²) in [5.41, 5.74) is 0. The molecule has 1 fully saturated rings. The second-order valence-electron chi connectivity index (χ2n) is 5.10. The van der Waals surface area contributed by atoms with Crippen LogP contribution in [0.5, 0.6) is 0 Å². The van der Waals surface area contributed by atoms with E-state index in [1.54, 1.807) is 6.92 Å². The fraction of sp³-hybridized carbons (Fsp3) is 0.923. The van der Waals surface area contributed by atoms with E-state index in [9.17, 15) is 9.90 Å². The lowest BCUT2D eigenvalue weighted by Crippen LogP contribution is -2.34. The predicted octanol–water partition coefficient (Wildman–Crippen LogP) is 2.79. The molecule has 15 heavy (non-hydrogen) atoms. The third-order valence-electron chi connectivity index (χ3n) is 3.89. The van der Waals surface area contributed by atoms with Crippen molar-refractivity contribution in [3.63, 3.8) is 0 Å². The van der Waals surface area contributed by atoms with Gasteiger partial charge in [-0.05, 0) is 31.6 Å². The molecule has 2 nitrogen and oxygen atoms in total. The van der Waals surface area contributed by atoms with Crippen LogP contribution in [0.4, 0.5) is 0 Å². The molecule has 1 rings (SSSR count). The van der Waals surface area contributed by atoms with Crippen molar-refractivity contribution >= 4 is 5.78 Å². The molecule has 0 spiro atoms. The summed E-state index contributed by atoms with van der Waals surface area (Å²) in [5, 5.41) is 9.55. The summed E-state index contributed by atoms with van der Waals surface area (Å²) in [6, 6.07) is 0. The van der Waals surface area contributed by atoms with Gasteiger partial charge in [0.25, 0.3) is 0 Å². The second-order valence-corrected chi connectivity index (χ2v) is 5.10. The highest BCUT2D eigenvalue weighted by Crippen LogP contribution is 2.34. The Morgan fingerprint density at radius 2 is 2.13 bits per heavy atom. The van der Waals surface area contributed by atoms with Gasteiger partial charge in [-0.1, -0.05) is 26.7 Å². The van der Waals surface area contributed by atoms with Gasteiger partial charge in [0.2, 0.25) is 0 Å². The summed E-state index contributed by atoms with van der Waals surface area (Å²) >= 11 is 0. The Labute approximate surface area is 93.1 Å². The van der Waals surface area contributed by atoms with Crippen molar-refractivity contribution < 1.29 is 9.90 Å². The lowest BCUT2D eigenvalue weighted by Gasteiger charge is -2.33. The maximum atomic E-state index is 11.8. The van der Waals surface area contributed by atoms with Gasteiger partial charge in [0.05, 0.1) is 6.10 Å². The maximum Gasteiger partial charge on any atom is 0.136 e. The lowest BCUT2D eigenvalue weighted by atomic mass is 9.72. The summed E-state index contributed by atoms with van der Waals surface area (Å²) in [6.07, 6.45) is 4.87. The summed E-state index contributed by atoms with van der Waals surface area (Å²) < 4.78 is 0. The van der Waals surface area contributed by atoms with E-state index in [1.807, 2.05) is 6.92 Å². The Balaban J connectivity index is 2.57. The van der Waals surface area contributed by atoms with E-state index in [2.05, 4.69) is 6.92 Å². The van der Waals surface area contributed by atoms with Crippen LogP contribution in [-0.4, -0.2) is 17.0 Å². The second kappa shape index (κ2) is 5.64. The lowest BCUT2D eigenvalue weighted by molar-refractivity contribution is -0.129. The molecular formula is C13H24O2. The molecule has 2 heteroatoms. The van der Waals surface area contributed by atoms with Crippen LogP contribution < -0.4 is 0 Å². The summed E-state index contributed by atoms with van der Waals surface area (Å²) in [6.45, 7) is 5.99. The Hall–Kier alpha value is -0.370. The Morgan fingerprint density at radius 3 is 2.67 bits per heavy atom. The molecule has 1 aliphatic carbocycles. The first-order valence-electron chi connectivity index (χ1n) is 6.27. The number of hydrogen-bond acceptors (Lipinski definition) is 2. The normalized spacial score (nSPS) is 31.3. The quantitative estimate of drug-likeness (QED) is 0.778. The van der Waals surface area contributed by atoms with Gasteiger partial charge in [-0.3, -0.25) is 4.79 Å². The number of aliphatic hydroxyl groups is 1. The maximum absolute atomic E-state index is 11.8. The number of aliphatic hydroxyl groups excluding tert-OH is 1. The number of hydrogen-bond donors (Lipinski definition) is 1. The van der Waals surface area contributed by atoms with Gasteiger partial charge in [0.15, 0.2) is 0 Å². The highest BCUT2D eigenvalue weighted by Gasteiger charge is 2.33. The highest BCUT2D eigenvalue weighted by molar-refractivity contribution is 5.82. The average molecular weight is 212 g/mol. The first-order valence-corrected chi connectivity index (χ1v) is 6.27. The number of Topliss-reactive ketones (excluding diaryl/α,β-unsaturated/α-hetero) is 1. The Morgan fingerprint density at radius 1 is 1.47 bits per heavy atom. The summed E-state index contributed by atoms with van der Waals surface area (Å²) in [7, 11) is 0. The van der Waals surface area contributed by atoms with Crippen molar-refractivity contribution in [1.29, 1.82) is 0 Å².